The molecule has 1 atom stereocenters. The smallest absolute Gasteiger partial charge is 0.202 e. The van der Waals surface area contributed by atoms with E-state index < -0.39 is 0 Å². The first-order chi connectivity index (χ1) is 11.8. The van der Waals surface area contributed by atoms with Crippen LogP contribution in [0.2, 0.25) is 5.02 Å². The fourth-order valence-electron chi connectivity index (χ4n) is 3.92. The summed E-state index contributed by atoms with van der Waals surface area (Å²) < 4.78 is 0. The van der Waals surface area contributed by atoms with Crippen molar-refractivity contribution in [3.05, 3.63) is 64.7 Å². The Kier molecular flexibility index (Phi) is 4.38. The van der Waals surface area contributed by atoms with Crippen molar-refractivity contribution < 1.29 is 0 Å². The number of guanidine groups is 1. The third kappa shape index (κ3) is 2.90. The van der Waals surface area contributed by atoms with Crippen molar-refractivity contribution in [1.29, 1.82) is 0 Å². The zero-order valence-corrected chi connectivity index (χ0v) is 15.5. The molecule has 130 valence electrons. The van der Waals surface area contributed by atoms with E-state index in [9.17, 15) is 0 Å². The molecule has 0 radical (unpaired) electrons. The second kappa shape index (κ2) is 6.54. The van der Waals surface area contributed by atoms with Crippen molar-refractivity contribution >= 4 is 35.7 Å². The van der Waals surface area contributed by atoms with E-state index in [2.05, 4.69) is 52.3 Å². The maximum Gasteiger partial charge on any atom is 0.202 e. The van der Waals surface area contributed by atoms with Gasteiger partial charge in [0.15, 0.2) is 0 Å². The topological polar surface area (TPSA) is 18.8 Å². The van der Waals surface area contributed by atoms with E-state index in [1.54, 1.807) is 0 Å². The summed E-state index contributed by atoms with van der Waals surface area (Å²) in [5.41, 5.74) is 3.90. The summed E-state index contributed by atoms with van der Waals surface area (Å²) in [4.78, 5) is 9.72. The Bertz CT molecular complexity index is 802. The molecule has 1 saturated carbocycles. The average Bonchev–Trinajstić information content (AvgIpc) is 3.30. The maximum absolute atomic E-state index is 6.35. The predicted octanol–water partition coefficient (Wildman–Crippen LogP) is 4.75. The average molecular weight is 374 g/mol. The molecule has 0 saturated heterocycles. The lowest BCUT2D eigenvalue weighted by molar-refractivity contribution is 0.372. The molecule has 5 rings (SSSR count). The molecular weight excluding hydrogens is 353 g/mol. The monoisotopic (exact) mass is 373 g/mol. The van der Waals surface area contributed by atoms with Crippen molar-refractivity contribution in [3.8, 4) is 0 Å². The molecule has 0 spiro atoms. The number of benzene rings is 2. The summed E-state index contributed by atoms with van der Waals surface area (Å²) >= 11 is 6.35. The molecular formula is C20H21Cl2N3. The minimum atomic E-state index is 0. The standard InChI is InChI=1S/C20H20ClN3.ClH/c21-16-8-9-17-18(12-16)24(13-14-6-7-14)20-22-10-11-23(20)19(17)15-4-2-1-3-5-15;/h1-5,8-9,12,14,19H,6-7,10-11,13H2;1H. The molecule has 2 aromatic carbocycles. The zero-order chi connectivity index (χ0) is 16.1. The molecule has 2 heterocycles. The quantitative estimate of drug-likeness (QED) is 0.772. The number of fused-ring (bicyclic) bond motifs is 2. The zero-order valence-electron chi connectivity index (χ0n) is 13.9. The van der Waals surface area contributed by atoms with E-state index in [4.69, 9.17) is 16.6 Å². The third-order valence-electron chi connectivity index (χ3n) is 5.23. The highest BCUT2D eigenvalue weighted by atomic mass is 35.5. The Morgan fingerprint density at radius 1 is 1.08 bits per heavy atom. The van der Waals surface area contributed by atoms with Crippen LogP contribution < -0.4 is 4.90 Å². The first-order valence-corrected chi connectivity index (χ1v) is 9.12. The van der Waals surface area contributed by atoms with Crippen LogP contribution >= 0.6 is 24.0 Å². The van der Waals surface area contributed by atoms with Crippen molar-refractivity contribution in [3.63, 3.8) is 0 Å². The number of hydrogen-bond acceptors (Lipinski definition) is 3. The number of nitrogens with zero attached hydrogens (tertiary/aromatic N) is 3. The van der Waals surface area contributed by atoms with Gasteiger partial charge in [0.25, 0.3) is 0 Å². The van der Waals surface area contributed by atoms with Gasteiger partial charge in [0.05, 0.1) is 18.3 Å². The van der Waals surface area contributed by atoms with Gasteiger partial charge in [-0.2, -0.15) is 0 Å². The number of aliphatic imine (C=N–C) groups is 1. The summed E-state index contributed by atoms with van der Waals surface area (Å²) in [7, 11) is 0. The van der Waals surface area contributed by atoms with Gasteiger partial charge >= 0.3 is 0 Å². The van der Waals surface area contributed by atoms with E-state index >= 15 is 0 Å². The van der Waals surface area contributed by atoms with Crippen LogP contribution in [0.3, 0.4) is 0 Å². The summed E-state index contributed by atoms with van der Waals surface area (Å²) in [6.45, 7) is 2.92. The SMILES string of the molecule is Cl.Clc1ccc2c(c1)N(CC1CC1)C1=NCCN1C2c1ccccc1. The van der Waals surface area contributed by atoms with Gasteiger partial charge in [0, 0.05) is 23.7 Å². The van der Waals surface area contributed by atoms with E-state index in [0.29, 0.717) is 0 Å². The molecule has 1 unspecified atom stereocenters. The molecule has 0 N–H and O–H groups in total. The Hall–Kier alpha value is -1.71. The van der Waals surface area contributed by atoms with E-state index in [1.165, 1.54) is 29.7 Å². The molecule has 2 aliphatic heterocycles. The largest absolute Gasteiger partial charge is 0.329 e. The van der Waals surface area contributed by atoms with Crippen LogP contribution in [0.4, 0.5) is 5.69 Å². The van der Waals surface area contributed by atoms with Crippen molar-refractivity contribution in [2.45, 2.75) is 18.9 Å². The summed E-state index contributed by atoms with van der Waals surface area (Å²) in [5.74, 6) is 1.93. The lowest BCUT2D eigenvalue weighted by Gasteiger charge is -2.43. The number of rotatable bonds is 3. The molecule has 3 aliphatic rings. The van der Waals surface area contributed by atoms with Crippen molar-refractivity contribution in [2.75, 3.05) is 24.5 Å². The molecule has 0 amide bonds. The molecule has 1 fully saturated rings. The summed E-state index contributed by atoms with van der Waals surface area (Å²) in [6.07, 6.45) is 2.67. The van der Waals surface area contributed by atoms with Crippen LogP contribution in [-0.4, -0.2) is 30.5 Å². The Morgan fingerprint density at radius 2 is 1.88 bits per heavy atom. The van der Waals surface area contributed by atoms with Gasteiger partial charge in [-0.1, -0.05) is 48.0 Å². The van der Waals surface area contributed by atoms with Gasteiger partial charge in [-0.3, -0.25) is 4.99 Å². The number of halogens is 2. The Balaban J connectivity index is 0.00000157. The molecule has 0 aromatic heterocycles. The van der Waals surface area contributed by atoms with Crippen molar-refractivity contribution in [2.24, 2.45) is 10.9 Å². The summed E-state index contributed by atoms with van der Waals surface area (Å²) in [6, 6.07) is 17.3. The second-order valence-electron chi connectivity index (χ2n) is 6.95. The Labute approximate surface area is 159 Å². The molecule has 0 bridgehead atoms. The van der Waals surface area contributed by atoms with Crippen LogP contribution in [0.25, 0.3) is 0 Å². The van der Waals surface area contributed by atoms with E-state index in [-0.39, 0.29) is 18.4 Å². The molecule has 1 aliphatic carbocycles. The normalized spacial score (nSPS) is 21.3. The maximum atomic E-state index is 6.35. The molecule has 2 aromatic rings. The van der Waals surface area contributed by atoms with Crippen LogP contribution in [0.15, 0.2) is 53.5 Å². The van der Waals surface area contributed by atoms with Gasteiger partial charge < -0.3 is 9.80 Å². The van der Waals surface area contributed by atoms with Crippen LogP contribution in [0.5, 0.6) is 0 Å². The fraction of sp³-hybridized carbons (Fsp3) is 0.350. The molecule has 25 heavy (non-hydrogen) atoms. The minimum absolute atomic E-state index is 0. The van der Waals surface area contributed by atoms with Gasteiger partial charge in [-0.05, 0) is 36.5 Å². The summed E-state index contributed by atoms with van der Waals surface area (Å²) in [5, 5.41) is 0.799. The lowest BCUT2D eigenvalue weighted by Crippen LogP contribution is -2.49. The molecule has 3 nitrogen and oxygen atoms in total. The minimum Gasteiger partial charge on any atom is -0.329 e. The van der Waals surface area contributed by atoms with Gasteiger partial charge in [0.2, 0.25) is 5.96 Å². The number of anilines is 1. The van der Waals surface area contributed by atoms with E-state index in [0.717, 1.165) is 36.5 Å². The van der Waals surface area contributed by atoms with Gasteiger partial charge in [-0.15, -0.1) is 12.4 Å². The van der Waals surface area contributed by atoms with Crippen LogP contribution in [-0.2, 0) is 0 Å². The second-order valence-corrected chi connectivity index (χ2v) is 7.38. The number of hydrogen-bond donors (Lipinski definition) is 0. The van der Waals surface area contributed by atoms with Crippen molar-refractivity contribution in [1.82, 2.24) is 4.90 Å². The molecule has 5 heteroatoms. The highest BCUT2D eigenvalue weighted by molar-refractivity contribution is 6.31. The fourth-order valence-corrected chi connectivity index (χ4v) is 4.09. The Morgan fingerprint density at radius 3 is 2.64 bits per heavy atom. The predicted molar refractivity (Wildman–Crippen MR) is 106 cm³/mol. The van der Waals surface area contributed by atoms with Gasteiger partial charge in [0.1, 0.15) is 0 Å². The highest BCUT2D eigenvalue weighted by Gasteiger charge is 2.40. The highest BCUT2D eigenvalue weighted by Crippen LogP contribution is 2.44. The third-order valence-corrected chi connectivity index (χ3v) is 5.47. The van der Waals surface area contributed by atoms with Crippen LogP contribution in [0.1, 0.15) is 30.0 Å². The first kappa shape index (κ1) is 16.7. The van der Waals surface area contributed by atoms with E-state index in [1.807, 2.05) is 6.07 Å². The lowest BCUT2D eigenvalue weighted by atomic mass is 9.93. The first-order valence-electron chi connectivity index (χ1n) is 8.74. The van der Waals surface area contributed by atoms with Crippen LogP contribution in [0, 0.1) is 5.92 Å². The van der Waals surface area contributed by atoms with Gasteiger partial charge in [-0.25, -0.2) is 0 Å².